The Hall–Kier alpha value is -0.900. The van der Waals surface area contributed by atoms with E-state index in [2.05, 4.69) is 45.9 Å². The van der Waals surface area contributed by atoms with Crippen LogP contribution in [0, 0.1) is 23.2 Å². The van der Waals surface area contributed by atoms with Gasteiger partial charge in [0.15, 0.2) is 0 Å². The van der Waals surface area contributed by atoms with Crippen molar-refractivity contribution < 1.29 is 15.3 Å². The first-order valence-electron chi connectivity index (χ1n) is 14.1. The molecule has 3 aliphatic carbocycles. The van der Waals surface area contributed by atoms with E-state index in [0.717, 1.165) is 55.6 Å². The second-order valence-corrected chi connectivity index (χ2v) is 12.8. The van der Waals surface area contributed by atoms with E-state index in [1.165, 1.54) is 31.3 Å². The van der Waals surface area contributed by atoms with Gasteiger partial charge in [-0.25, -0.2) is 0 Å². The second kappa shape index (κ2) is 11.0. The molecule has 0 aliphatic heterocycles. The summed E-state index contributed by atoms with van der Waals surface area (Å²) in [5, 5.41) is 31.9. The summed E-state index contributed by atoms with van der Waals surface area (Å²) < 4.78 is 0. The first-order chi connectivity index (χ1) is 15.9. The van der Waals surface area contributed by atoms with Crippen molar-refractivity contribution in [3.8, 4) is 0 Å². The Labute approximate surface area is 209 Å². The Kier molecular flexibility index (Phi) is 8.97. The van der Waals surface area contributed by atoms with Crippen LogP contribution < -0.4 is 0 Å². The smallest absolute Gasteiger partial charge is 0.0884 e. The van der Waals surface area contributed by atoms with Crippen LogP contribution in [0.1, 0.15) is 119 Å². The van der Waals surface area contributed by atoms with Crippen LogP contribution in [0.25, 0.3) is 0 Å². The predicted molar refractivity (Wildman–Crippen MR) is 143 cm³/mol. The molecule has 3 N–H and O–H groups in total. The summed E-state index contributed by atoms with van der Waals surface area (Å²) in [4.78, 5) is 0. The predicted octanol–water partition coefficient (Wildman–Crippen LogP) is 7.27. The van der Waals surface area contributed by atoms with Crippen LogP contribution in [0.3, 0.4) is 0 Å². The molecule has 0 aromatic heterocycles. The van der Waals surface area contributed by atoms with Crippen molar-refractivity contribution in [1.82, 2.24) is 0 Å². The van der Waals surface area contributed by atoms with E-state index in [9.17, 15) is 15.3 Å². The fourth-order valence-electron chi connectivity index (χ4n) is 7.51. The van der Waals surface area contributed by atoms with Gasteiger partial charge in [0.1, 0.15) is 0 Å². The van der Waals surface area contributed by atoms with Gasteiger partial charge in [-0.05, 0) is 106 Å². The van der Waals surface area contributed by atoms with Crippen molar-refractivity contribution in [3.05, 3.63) is 34.9 Å². The molecule has 0 saturated heterocycles. The normalized spacial score (nSPS) is 35.6. The molecule has 3 nitrogen and oxygen atoms in total. The van der Waals surface area contributed by atoms with E-state index in [-0.39, 0.29) is 0 Å². The van der Waals surface area contributed by atoms with Gasteiger partial charge < -0.3 is 15.3 Å². The third-order valence-corrected chi connectivity index (χ3v) is 9.64. The number of aliphatic hydroxyl groups excluding tert-OH is 1. The van der Waals surface area contributed by atoms with Gasteiger partial charge in [0.05, 0.1) is 17.3 Å². The quantitative estimate of drug-likeness (QED) is 0.313. The van der Waals surface area contributed by atoms with E-state index in [0.29, 0.717) is 30.1 Å². The average Bonchev–Trinajstić information content (AvgIpc) is 3.10. The Morgan fingerprint density at radius 1 is 1.21 bits per heavy atom. The number of hydrogen-bond acceptors (Lipinski definition) is 3. The lowest BCUT2D eigenvalue weighted by atomic mass is 9.62. The largest absolute Gasteiger partial charge is 0.393 e. The molecule has 0 aromatic rings. The zero-order valence-electron chi connectivity index (χ0n) is 22.9. The molecule has 3 heteroatoms. The van der Waals surface area contributed by atoms with Crippen molar-refractivity contribution in [2.75, 3.05) is 0 Å². The van der Waals surface area contributed by atoms with Gasteiger partial charge in [-0.3, -0.25) is 0 Å². The molecule has 3 aliphatic rings. The standard InChI is InChI=1S/C31H52O3/c1-7-8-19-31(34)21-26(32)20-25(23(31)3)14-13-24-12-10-18-30(6)27(15-16-28(24)30)22(2)11-9-17-29(4,5)33/h12-14,22,26-28,32-34H,7-11,15-21H2,1-6H3/b14-13-/t22-,26-,27-,28+,30-,31-/m1/s1. The Morgan fingerprint density at radius 3 is 2.62 bits per heavy atom. The van der Waals surface area contributed by atoms with Gasteiger partial charge in [-0.15, -0.1) is 0 Å². The summed E-state index contributed by atoms with van der Waals surface area (Å²) in [7, 11) is 0. The maximum absolute atomic E-state index is 11.3. The first-order valence-corrected chi connectivity index (χ1v) is 14.1. The molecule has 34 heavy (non-hydrogen) atoms. The summed E-state index contributed by atoms with van der Waals surface area (Å²) in [6.45, 7) is 13.0. The van der Waals surface area contributed by atoms with Crippen molar-refractivity contribution in [2.24, 2.45) is 23.2 Å². The fourth-order valence-corrected chi connectivity index (χ4v) is 7.51. The highest BCUT2D eigenvalue weighted by molar-refractivity contribution is 5.39. The minimum absolute atomic E-state index is 0.347. The highest BCUT2D eigenvalue weighted by atomic mass is 16.3. The first kappa shape index (κ1) is 27.7. The van der Waals surface area contributed by atoms with Crippen molar-refractivity contribution in [2.45, 2.75) is 136 Å². The maximum Gasteiger partial charge on any atom is 0.0884 e. The Morgan fingerprint density at radius 2 is 1.94 bits per heavy atom. The number of fused-ring (bicyclic) bond motifs is 1. The number of unbranched alkanes of at least 4 members (excludes halogenated alkanes) is 1. The van der Waals surface area contributed by atoms with Crippen LogP contribution in [0.5, 0.6) is 0 Å². The molecule has 194 valence electrons. The van der Waals surface area contributed by atoms with Gasteiger partial charge in [-0.1, -0.05) is 64.7 Å². The molecule has 0 spiro atoms. The number of allylic oxidation sites excluding steroid dienone is 4. The molecule has 0 unspecified atom stereocenters. The lowest BCUT2D eigenvalue weighted by Gasteiger charge is -2.43. The molecular formula is C31H52O3. The van der Waals surface area contributed by atoms with Gasteiger partial charge in [0.2, 0.25) is 0 Å². The molecule has 3 rings (SSSR count). The highest BCUT2D eigenvalue weighted by Gasteiger charge is 2.49. The molecule has 0 amide bonds. The van der Waals surface area contributed by atoms with Crippen LogP contribution in [0.15, 0.2) is 34.9 Å². The van der Waals surface area contributed by atoms with Crippen molar-refractivity contribution in [1.29, 1.82) is 0 Å². The van der Waals surface area contributed by atoms with Crippen LogP contribution in [-0.2, 0) is 0 Å². The summed E-state index contributed by atoms with van der Waals surface area (Å²) >= 11 is 0. The second-order valence-electron chi connectivity index (χ2n) is 12.8. The van der Waals surface area contributed by atoms with E-state index in [4.69, 9.17) is 0 Å². The van der Waals surface area contributed by atoms with Gasteiger partial charge in [-0.2, -0.15) is 0 Å². The van der Waals surface area contributed by atoms with E-state index >= 15 is 0 Å². The number of hydrogen-bond donors (Lipinski definition) is 3. The van der Waals surface area contributed by atoms with E-state index in [1.54, 1.807) is 0 Å². The molecule has 1 saturated carbocycles. The summed E-state index contributed by atoms with van der Waals surface area (Å²) in [5.41, 5.74) is 2.58. The Balaban J connectivity index is 1.72. The van der Waals surface area contributed by atoms with Crippen molar-refractivity contribution in [3.63, 3.8) is 0 Å². The monoisotopic (exact) mass is 472 g/mol. The third-order valence-electron chi connectivity index (χ3n) is 9.64. The number of rotatable bonds is 10. The average molecular weight is 473 g/mol. The highest BCUT2D eigenvalue weighted by Crippen LogP contribution is 2.59. The van der Waals surface area contributed by atoms with E-state index in [1.807, 2.05) is 13.8 Å². The third kappa shape index (κ3) is 6.26. The summed E-state index contributed by atoms with van der Waals surface area (Å²) in [6.07, 6.45) is 18.6. The SMILES string of the molecule is CCCC[C@@]1(O)C[C@H](O)CC(/C=C\C2=CCC[C@]3(C)[C@@H]([C@H](C)CCCC(C)(C)O)CC[C@@H]23)=C1C. The zero-order valence-corrected chi connectivity index (χ0v) is 22.9. The molecule has 1 fully saturated rings. The zero-order chi connectivity index (χ0) is 25.1. The minimum Gasteiger partial charge on any atom is -0.393 e. The molecule has 0 aromatic carbocycles. The topological polar surface area (TPSA) is 60.7 Å². The number of aliphatic hydroxyl groups is 3. The molecular weight excluding hydrogens is 420 g/mol. The van der Waals surface area contributed by atoms with Crippen LogP contribution in [0.2, 0.25) is 0 Å². The lowest BCUT2D eigenvalue weighted by Crippen LogP contribution is -2.39. The van der Waals surface area contributed by atoms with Gasteiger partial charge in [0.25, 0.3) is 0 Å². The van der Waals surface area contributed by atoms with Crippen molar-refractivity contribution >= 4 is 0 Å². The molecule has 0 bridgehead atoms. The summed E-state index contributed by atoms with van der Waals surface area (Å²) in [5.74, 6) is 2.04. The lowest BCUT2D eigenvalue weighted by molar-refractivity contribution is 0.0000958. The van der Waals surface area contributed by atoms with Crippen LogP contribution in [-0.4, -0.2) is 32.6 Å². The maximum atomic E-state index is 11.3. The van der Waals surface area contributed by atoms with Gasteiger partial charge >= 0.3 is 0 Å². The summed E-state index contributed by atoms with van der Waals surface area (Å²) in [6, 6.07) is 0. The van der Waals surface area contributed by atoms with Crippen LogP contribution in [0.4, 0.5) is 0 Å². The minimum atomic E-state index is -0.861. The van der Waals surface area contributed by atoms with E-state index < -0.39 is 17.3 Å². The Bertz CT molecular complexity index is 785. The van der Waals surface area contributed by atoms with Crippen LogP contribution >= 0.6 is 0 Å². The molecule has 0 radical (unpaired) electrons. The fraction of sp³-hybridized carbons (Fsp3) is 0.806. The molecule has 6 atom stereocenters. The molecule has 0 heterocycles. The van der Waals surface area contributed by atoms with Gasteiger partial charge in [0, 0.05) is 6.42 Å².